The quantitative estimate of drug-likeness (QED) is 0.0230. The number of guanidine groups is 1. The number of carboxylic acid groups (broad SMARTS) is 1. The predicted octanol–water partition coefficient (Wildman–Crippen LogP) is -1.47. The van der Waals surface area contributed by atoms with Crippen molar-refractivity contribution >= 4 is 59.2 Å². The largest absolute Gasteiger partial charge is 0.480 e. The second kappa shape index (κ2) is 30.0. The maximum Gasteiger partial charge on any atom is 0.326 e. The molecule has 1 aromatic carbocycles. The topological polar surface area (TPSA) is 375 Å². The average Bonchev–Trinajstić information content (AvgIpc) is 3.25. The molecular formula is C44H74N12O10. The number of hydrogen-bond acceptors (Lipinski definition) is 11. The van der Waals surface area contributed by atoms with Gasteiger partial charge in [0.2, 0.25) is 47.3 Å². The number of amides is 8. The summed E-state index contributed by atoms with van der Waals surface area (Å²) in [5.41, 5.74) is 22.7. The first kappa shape index (κ1) is 57.7. The Bertz CT molecular complexity index is 1810. The fourth-order valence-corrected chi connectivity index (χ4v) is 6.72. The fraction of sp³-hybridized carbons (Fsp3) is 0.636. The van der Waals surface area contributed by atoms with Crippen LogP contribution in [0, 0.1) is 17.8 Å². The van der Waals surface area contributed by atoms with E-state index in [1.165, 1.54) is 6.92 Å². The van der Waals surface area contributed by atoms with Crippen molar-refractivity contribution in [3.8, 4) is 0 Å². The third-order valence-corrected chi connectivity index (χ3v) is 11.0. The van der Waals surface area contributed by atoms with Gasteiger partial charge in [-0.3, -0.25) is 43.3 Å². The van der Waals surface area contributed by atoms with E-state index in [2.05, 4.69) is 42.2 Å². The van der Waals surface area contributed by atoms with E-state index in [1.54, 1.807) is 71.9 Å². The van der Waals surface area contributed by atoms with E-state index in [0.29, 0.717) is 31.2 Å². The summed E-state index contributed by atoms with van der Waals surface area (Å²) in [6.45, 7) is 11.9. The van der Waals surface area contributed by atoms with Crippen LogP contribution in [0.1, 0.15) is 105 Å². The monoisotopic (exact) mass is 931 g/mol. The number of carbonyl (C=O) groups excluding carboxylic acids is 8. The minimum absolute atomic E-state index is 0.0117. The molecule has 0 bridgehead atoms. The minimum atomic E-state index is -1.60. The smallest absolute Gasteiger partial charge is 0.326 e. The lowest BCUT2D eigenvalue weighted by molar-refractivity contribution is -0.144. The Hall–Kier alpha value is -6.32. The van der Waals surface area contributed by atoms with Gasteiger partial charge in [0.05, 0.1) is 6.42 Å². The van der Waals surface area contributed by atoms with Crippen LogP contribution in [-0.2, 0) is 49.6 Å². The van der Waals surface area contributed by atoms with Crippen molar-refractivity contribution in [1.82, 2.24) is 37.2 Å². The molecule has 0 aliphatic carbocycles. The number of unbranched alkanes of at least 4 members (excludes halogenated alkanes) is 1. The lowest BCUT2D eigenvalue weighted by atomic mass is 9.96. The van der Waals surface area contributed by atoms with Gasteiger partial charge in [-0.15, -0.1) is 0 Å². The Labute approximate surface area is 387 Å². The zero-order chi connectivity index (χ0) is 50.1. The molecule has 0 heterocycles. The lowest BCUT2D eigenvalue weighted by Crippen LogP contribution is -2.61. The molecule has 22 nitrogen and oxygen atoms in total. The number of rotatable bonds is 31. The van der Waals surface area contributed by atoms with Crippen molar-refractivity contribution in [3.05, 3.63) is 35.9 Å². The summed E-state index contributed by atoms with van der Waals surface area (Å²) in [5.74, 6) is -9.07. The van der Waals surface area contributed by atoms with Crippen LogP contribution in [0.3, 0.4) is 0 Å². The molecule has 16 N–H and O–H groups in total. The van der Waals surface area contributed by atoms with Gasteiger partial charge in [-0.05, 0) is 62.0 Å². The van der Waals surface area contributed by atoms with E-state index in [4.69, 9.17) is 22.9 Å². The third-order valence-electron chi connectivity index (χ3n) is 11.0. The highest BCUT2D eigenvalue weighted by Gasteiger charge is 2.36. The van der Waals surface area contributed by atoms with Crippen molar-refractivity contribution in [2.45, 2.75) is 149 Å². The van der Waals surface area contributed by atoms with Crippen molar-refractivity contribution in [1.29, 1.82) is 0 Å². The molecule has 0 radical (unpaired) electrons. The normalized spacial score (nSPS) is 15.1. The summed E-state index contributed by atoms with van der Waals surface area (Å²) >= 11 is 0. The molecular weight excluding hydrogens is 857 g/mol. The standard InChI is InChI=1S/C44H74N12O10/c1-8-25(5)35(55-38(60)30(19-15-21-49-44(47)48)52-41(63)34(24(3)4)50-27(7)57)42(64)54-31(22-28-16-11-10-12-17-28)39(61)51-29(18-13-14-20-45)37(59)53-32(23-33(46)58)40(62)56-36(43(65)66)26(6)9-2/h10-12,16-17,24-26,29-32,34-36H,8-9,13-15,18-23,45H2,1-7H3,(H2,46,58)(H,50,57)(H,51,61)(H,52,63)(H,53,59)(H,54,64)(H,55,60)(H,56,62)(H,65,66)(H4,47,48,49)/t25-,26-,29-,30-,31-,32-,34-,35-,36-/m0/s1. The summed E-state index contributed by atoms with van der Waals surface area (Å²) in [4.78, 5) is 123. The van der Waals surface area contributed by atoms with E-state index in [-0.39, 0.29) is 50.7 Å². The van der Waals surface area contributed by atoms with Gasteiger partial charge in [-0.25, -0.2) is 4.79 Å². The predicted molar refractivity (Wildman–Crippen MR) is 247 cm³/mol. The van der Waals surface area contributed by atoms with Gasteiger partial charge in [0, 0.05) is 19.9 Å². The van der Waals surface area contributed by atoms with Crippen LogP contribution < -0.4 is 60.2 Å². The number of nitrogens with zero attached hydrogens (tertiary/aromatic N) is 1. The van der Waals surface area contributed by atoms with Gasteiger partial charge in [0.1, 0.15) is 42.3 Å². The van der Waals surface area contributed by atoms with Crippen molar-refractivity contribution in [2.75, 3.05) is 13.1 Å². The zero-order valence-electron chi connectivity index (χ0n) is 39.3. The lowest BCUT2D eigenvalue weighted by Gasteiger charge is -2.30. The molecule has 0 aliphatic rings. The Balaban J connectivity index is 3.59. The number of carbonyl (C=O) groups is 9. The molecule has 0 aromatic heterocycles. The highest BCUT2D eigenvalue weighted by atomic mass is 16.4. The fourth-order valence-electron chi connectivity index (χ4n) is 6.72. The van der Waals surface area contributed by atoms with Crippen LogP contribution in [0.2, 0.25) is 0 Å². The highest BCUT2D eigenvalue weighted by molar-refractivity contribution is 5.98. The van der Waals surface area contributed by atoms with Gasteiger partial charge in [0.15, 0.2) is 5.96 Å². The number of hydrogen-bond donors (Lipinski definition) is 12. The van der Waals surface area contributed by atoms with Gasteiger partial charge in [-0.1, -0.05) is 84.7 Å². The first-order valence-electron chi connectivity index (χ1n) is 22.5. The van der Waals surface area contributed by atoms with E-state index >= 15 is 0 Å². The van der Waals surface area contributed by atoms with Crippen LogP contribution in [-0.4, -0.2) is 120 Å². The Kier molecular flexibility index (Phi) is 26.2. The number of carboxylic acids is 1. The van der Waals surface area contributed by atoms with Crippen molar-refractivity contribution < 1.29 is 48.3 Å². The third kappa shape index (κ3) is 21.1. The Morgan fingerprint density at radius 3 is 1.58 bits per heavy atom. The molecule has 0 saturated carbocycles. The Morgan fingerprint density at radius 2 is 1.06 bits per heavy atom. The highest BCUT2D eigenvalue weighted by Crippen LogP contribution is 2.14. The molecule has 1 aromatic rings. The number of benzene rings is 1. The maximum absolute atomic E-state index is 14.3. The minimum Gasteiger partial charge on any atom is -0.480 e. The first-order valence-corrected chi connectivity index (χ1v) is 22.5. The average molecular weight is 931 g/mol. The van der Waals surface area contributed by atoms with Crippen LogP contribution in [0.4, 0.5) is 0 Å². The summed E-state index contributed by atoms with van der Waals surface area (Å²) in [7, 11) is 0. The van der Waals surface area contributed by atoms with Gasteiger partial charge >= 0.3 is 5.97 Å². The van der Waals surface area contributed by atoms with Gasteiger partial charge in [-0.2, -0.15) is 0 Å². The first-order chi connectivity index (χ1) is 31.1. The SMILES string of the molecule is CC[C@H](C)[C@H](NC(=O)[C@H](CC(N)=O)NC(=O)[C@H](CCCCN)NC(=O)[C@H](Cc1ccccc1)NC(=O)[C@@H](NC(=O)[C@H](CCCN=C(N)N)NC(=O)[C@@H](NC(C)=O)C(C)C)[C@@H](C)CC)C(=O)O. The Morgan fingerprint density at radius 1 is 0.591 bits per heavy atom. The number of aliphatic imine (C=N–C) groups is 1. The molecule has 0 fully saturated rings. The second-order valence-corrected chi connectivity index (χ2v) is 16.8. The van der Waals surface area contributed by atoms with Crippen LogP contribution in [0.25, 0.3) is 0 Å². The zero-order valence-corrected chi connectivity index (χ0v) is 39.3. The number of nitrogens with one attached hydrogen (secondary N) is 7. The maximum atomic E-state index is 14.3. The molecule has 8 amide bonds. The molecule has 0 unspecified atom stereocenters. The number of nitrogens with two attached hydrogens (primary N) is 4. The molecule has 22 heteroatoms. The van der Waals surface area contributed by atoms with E-state index in [1.807, 2.05) is 0 Å². The molecule has 0 saturated heterocycles. The molecule has 9 atom stereocenters. The van der Waals surface area contributed by atoms with E-state index < -0.39 is 114 Å². The van der Waals surface area contributed by atoms with Crippen LogP contribution in [0.15, 0.2) is 35.3 Å². The molecule has 370 valence electrons. The molecule has 0 spiro atoms. The summed E-state index contributed by atoms with van der Waals surface area (Å²) in [6.07, 6.45) is 1.11. The van der Waals surface area contributed by atoms with E-state index in [9.17, 15) is 48.3 Å². The summed E-state index contributed by atoms with van der Waals surface area (Å²) in [5, 5.41) is 28.0. The van der Waals surface area contributed by atoms with Gasteiger partial charge in [0.25, 0.3) is 0 Å². The van der Waals surface area contributed by atoms with Gasteiger partial charge < -0.3 is 65.3 Å². The van der Waals surface area contributed by atoms with Crippen LogP contribution >= 0.6 is 0 Å². The summed E-state index contributed by atoms with van der Waals surface area (Å²) in [6, 6.07) is -0.381. The number of primary amides is 1. The molecule has 66 heavy (non-hydrogen) atoms. The number of aliphatic carboxylic acids is 1. The van der Waals surface area contributed by atoms with Crippen LogP contribution in [0.5, 0.6) is 0 Å². The van der Waals surface area contributed by atoms with Crippen molar-refractivity contribution in [3.63, 3.8) is 0 Å². The molecule has 1 rings (SSSR count). The van der Waals surface area contributed by atoms with Crippen molar-refractivity contribution in [2.24, 2.45) is 45.7 Å². The van der Waals surface area contributed by atoms with E-state index in [0.717, 1.165) is 0 Å². The molecule has 0 aliphatic heterocycles. The summed E-state index contributed by atoms with van der Waals surface area (Å²) < 4.78 is 0. The second-order valence-electron chi connectivity index (χ2n) is 16.8.